The van der Waals surface area contributed by atoms with E-state index in [1.807, 2.05) is 17.9 Å². The minimum Gasteiger partial charge on any atom is -0.310 e. The first kappa shape index (κ1) is 13.8. The Morgan fingerprint density at radius 2 is 2.21 bits per heavy atom. The van der Waals surface area contributed by atoms with Gasteiger partial charge in [-0.05, 0) is 31.9 Å². The van der Waals surface area contributed by atoms with Crippen molar-refractivity contribution < 1.29 is 0 Å². The first-order valence-corrected chi connectivity index (χ1v) is 6.96. The molecular formula is C16H23N3. The van der Waals surface area contributed by atoms with Gasteiger partial charge in [0.05, 0.1) is 6.20 Å². The highest BCUT2D eigenvalue weighted by molar-refractivity contribution is 5.25. The standard InChI is InChI=1S/C16H23N3/c1-4-8-17-16(15-11-18-19(3)12-15)10-14-7-5-6-13(2)9-14/h5-7,9,11-12,16-17H,4,8,10H2,1-3H3. The molecule has 1 aromatic heterocycles. The summed E-state index contributed by atoms with van der Waals surface area (Å²) in [5, 5.41) is 7.90. The molecule has 2 rings (SSSR count). The minimum atomic E-state index is 0.343. The SMILES string of the molecule is CCCNC(Cc1cccc(C)c1)c1cnn(C)c1. The first-order chi connectivity index (χ1) is 9.19. The molecule has 3 heteroatoms. The maximum Gasteiger partial charge on any atom is 0.0537 e. The highest BCUT2D eigenvalue weighted by atomic mass is 15.2. The molecular weight excluding hydrogens is 234 g/mol. The monoisotopic (exact) mass is 257 g/mol. The van der Waals surface area contributed by atoms with E-state index >= 15 is 0 Å². The van der Waals surface area contributed by atoms with Crippen molar-refractivity contribution in [1.29, 1.82) is 0 Å². The molecule has 0 radical (unpaired) electrons. The van der Waals surface area contributed by atoms with Crippen molar-refractivity contribution in [2.45, 2.75) is 32.7 Å². The van der Waals surface area contributed by atoms with Crippen LogP contribution in [0.15, 0.2) is 36.7 Å². The molecule has 0 aliphatic rings. The number of hydrogen-bond acceptors (Lipinski definition) is 2. The molecule has 0 amide bonds. The summed E-state index contributed by atoms with van der Waals surface area (Å²) in [4.78, 5) is 0. The van der Waals surface area contributed by atoms with Gasteiger partial charge < -0.3 is 5.32 Å². The summed E-state index contributed by atoms with van der Waals surface area (Å²) in [6, 6.07) is 9.07. The molecule has 0 fully saturated rings. The minimum absolute atomic E-state index is 0.343. The smallest absolute Gasteiger partial charge is 0.0537 e. The van der Waals surface area contributed by atoms with Gasteiger partial charge in [-0.15, -0.1) is 0 Å². The summed E-state index contributed by atoms with van der Waals surface area (Å²) < 4.78 is 1.87. The van der Waals surface area contributed by atoms with Crippen LogP contribution in [-0.2, 0) is 13.5 Å². The van der Waals surface area contributed by atoms with Crippen molar-refractivity contribution in [2.24, 2.45) is 7.05 Å². The summed E-state index contributed by atoms with van der Waals surface area (Å²) >= 11 is 0. The van der Waals surface area contributed by atoms with Crippen molar-refractivity contribution in [3.63, 3.8) is 0 Å². The van der Waals surface area contributed by atoms with Gasteiger partial charge in [-0.25, -0.2) is 0 Å². The topological polar surface area (TPSA) is 29.9 Å². The molecule has 19 heavy (non-hydrogen) atoms. The van der Waals surface area contributed by atoms with Crippen LogP contribution < -0.4 is 5.32 Å². The number of benzene rings is 1. The zero-order chi connectivity index (χ0) is 13.7. The molecule has 1 N–H and O–H groups in total. The van der Waals surface area contributed by atoms with Crippen molar-refractivity contribution in [3.8, 4) is 0 Å². The van der Waals surface area contributed by atoms with E-state index in [2.05, 4.69) is 54.7 Å². The van der Waals surface area contributed by atoms with Gasteiger partial charge in [0.25, 0.3) is 0 Å². The van der Waals surface area contributed by atoms with Crippen LogP contribution in [0.1, 0.15) is 36.1 Å². The maximum atomic E-state index is 4.28. The molecule has 1 heterocycles. The number of aryl methyl sites for hydroxylation is 2. The quantitative estimate of drug-likeness (QED) is 0.862. The van der Waals surface area contributed by atoms with Gasteiger partial charge in [-0.3, -0.25) is 4.68 Å². The van der Waals surface area contributed by atoms with E-state index in [4.69, 9.17) is 0 Å². The highest BCUT2D eigenvalue weighted by Crippen LogP contribution is 2.18. The third kappa shape index (κ3) is 3.93. The van der Waals surface area contributed by atoms with E-state index in [1.165, 1.54) is 16.7 Å². The largest absolute Gasteiger partial charge is 0.310 e. The van der Waals surface area contributed by atoms with Gasteiger partial charge in [0, 0.05) is 24.8 Å². The lowest BCUT2D eigenvalue weighted by atomic mass is 10.00. The normalized spacial score (nSPS) is 12.6. The Balaban J connectivity index is 2.13. The van der Waals surface area contributed by atoms with Crippen molar-refractivity contribution in [3.05, 3.63) is 53.3 Å². The van der Waals surface area contributed by atoms with Crippen LogP contribution in [0.4, 0.5) is 0 Å². The number of nitrogens with one attached hydrogen (secondary N) is 1. The zero-order valence-electron chi connectivity index (χ0n) is 12.1. The van der Waals surface area contributed by atoms with E-state index in [0.29, 0.717) is 6.04 Å². The summed E-state index contributed by atoms with van der Waals surface area (Å²) in [6.45, 7) is 5.37. The molecule has 1 atom stereocenters. The Morgan fingerprint density at radius 3 is 2.84 bits per heavy atom. The Labute approximate surface area is 115 Å². The van der Waals surface area contributed by atoms with Crippen molar-refractivity contribution in [1.82, 2.24) is 15.1 Å². The lowest BCUT2D eigenvalue weighted by Crippen LogP contribution is -2.23. The average molecular weight is 257 g/mol. The highest BCUT2D eigenvalue weighted by Gasteiger charge is 2.13. The number of aromatic nitrogens is 2. The zero-order valence-corrected chi connectivity index (χ0v) is 12.1. The Hall–Kier alpha value is -1.61. The molecule has 1 aromatic carbocycles. The fourth-order valence-electron chi connectivity index (χ4n) is 2.32. The van der Waals surface area contributed by atoms with Gasteiger partial charge in [0.1, 0.15) is 0 Å². The fourth-order valence-corrected chi connectivity index (χ4v) is 2.32. The number of rotatable bonds is 6. The number of hydrogen-bond donors (Lipinski definition) is 1. The van der Waals surface area contributed by atoms with Gasteiger partial charge >= 0.3 is 0 Å². The molecule has 0 spiro atoms. The van der Waals surface area contributed by atoms with Crippen LogP contribution in [0, 0.1) is 6.92 Å². The summed E-state index contributed by atoms with van der Waals surface area (Å²) in [5.74, 6) is 0. The predicted molar refractivity (Wildman–Crippen MR) is 79.1 cm³/mol. The summed E-state index contributed by atoms with van der Waals surface area (Å²) in [7, 11) is 1.97. The third-order valence-electron chi connectivity index (χ3n) is 3.29. The molecule has 0 saturated heterocycles. The summed E-state index contributed by atoms with van der Waals surface area (Å²) in [5.41, 5.74) is 3.95. The predicted octanol–water partition coefficient (Wildman–Crippen LogP) is 3.01. The Morgan fingerprint density at radius 1 is 1.37 bits per heavy atom. The van der Waals surface area contributed by atoms with E-state index in [-0.39, 0.29) is 0 Å². The van der Waals surface area contributed by atoms with Crippen molar-refractivity contribution >= 4 is 0 Å². The molecule has 0 aliphatic heterocycles. The molecule has 1 unspecified atom stereocenters. The van der Waals surface area contributed by atoms with Crippen molar-refractivity contribution in [2.75, 3.05) is 6.54 Å². The Kier molecular flexibility index (Phi) is 4.74. The van der Waals surface area contributed by atoms with Crippen LogP contribution in [0.25, 0.3) is 0 Å². The summed E-state index contributed by atoms with van der Waals surface area (Å²) in [6.07, 6.45) is 6.21. The van der Waals surface area contributed by atoms with Crippen LogP contribution in [0.2, 0.25) is 0 Å². The van der Waals surface area contributed by atoms with Crippen LogP contribution in [-0.4, -0.2) is 16.3 Å². The van der Waals surface area contributed by atoms with E-state index in [9.17, 15) is 0 Å². The van der Waals surface area contributed by atoms with Crippen LogP contribution >= 0.6 is 0 Å². The van der Waals surface area contributed by atoms with E-state index in [1.54, 1.807) is 0 Å². The first-order valence-electron chi connectivity index (χ1n) is 6.96. The van der Waals surface area contributed by atoms with Crippen LogP contribution in [0.5, 0.6) is 0 Å². The average Bonchev–Trinajstić information content (AvgIpc) is 2.81. The van der Waals surface area contributed by atoms with Gasteiger partial charge in [-0.1, -0.05) is 36.8 Å². The van der Waals surface area contributed by atoms with Crippen LogP contribution in [0.3, 0.4) is 0 Å². The fraction of sp³-hybridized carbons (Fsp3) is 0.438. The van der Waals surface area contributed by atoms with Gasteiger partial charge in [-0.2, -0.15) is 5.10 Å². The number of nitrogens with zero attached hydrogens (tertiary/aromatic N) is 2. The maximum absolute atomic E-state index is 4.28. The molecule has 102 valence electrons. The second-order valence-corrected chi connectivity index (χ2v) is 5.15. The van der Waals surface area contributed by atoms with Gasteiger partial charge in [0.2, 0.25) is 0 Å². The molecule has 0 aliphatic carbocycles. The third-order valence-corrected chi connectivity index (χ3v) is 3.29. The molecule has 0 bridgehead atoms. The second kappa shape index (κ2) is 6.53. The molecule has 3 nitrogen and oxygen atoms in total. The van der Waals surface area contributed by atoms with Gasteiger partial charge in [0.15, 0.2) is 0 Å². The lowest BCUT2D eigenvalue weighted by Gasteiger charge is -2.17. The second-order valence-electron chi connectivity index (χ2n) is 5.15. The lowest BCUT2D eigenvalue weighted by molar-refractivity contribution is 0.529. The van der Waals surface area contributed by atoms with E-state index < -0.39 is 0 Å². The van der Waals surface area contributed by atoms with E-state index in [0.717, 1.165) is 19.4 Å². The molecule has 0 saturated carbocycles. The Bertz CT molecular complexity index is 516. The molecule has 2 aromatic rings.